The van der Waals surface area contributed by atoms with Gasteiger partial charge >= 0.3 is 0 Å². The van der Waals surface area contributed by atoms with E-state index in [9.17, 15) is 0 Å². The Balaban J connectivity index is 2.00. The molecule has 0 aromatic rings. The quantitative estimate of drug-likeness (QED) is 0.636. The average Bonchev–Trinajstić information content (AvgIpc) is 2.69. The van der Waals surface area contributed by atoms with Gasteiger partial charge in [-0.3, -0.25) is 0 Å². The minimum atomic E-state index is 0.763. The van der Waals surface area contributed by atoms with Crippen LogP contribution in [0.15, 0.2) is 0 Å². The molecule has 1 aliphatic rings. The average molecular weight is 255 g/mol. The zero-order chi connectivity index (χ0) is 13.4. The van der Waals surface area contributed by atoms with E-state index in [0.717, 1.165) is 18.5 Å². The molecule has 0 amide bonds. The van der Waals surface area contributed by atoms with Crippen LogP contribution in [0.4, 0.5) is 0 Å². The highest BCUT2D eigenvalue weighted by molar-refractivity contribution is 4.86. The van der Waals surface area contributed by atoms with Crippen molar-refractivity contribution in [3.63, 3.8) is 0 Å². The van der Waals surface area contributed by atoms with E-state index in [4.69, 9.17) is 0 Å². The molecule has 1 rings (SSSR count). The highest BCUT2D eigenvalue weighted by Gasteiger charge is 2.30. The predicted octanol–water partition coefficient (Wildman–Crippen LogP) is 2.04. The van der Waals surface area contributed by atoms with E-state index in [1.807, 2.05) is 0 Å². The van der Waals surface area contributed by atoms with Gasteiger partial charge in [0.1, 0.15) is 0 Å². The minimum absolute atomic E-state index is 0.763. The fourth-order valence-electron chi connectivity index (χ4n) is 3.02. The molecule has 18 heavy (non-hydrogen) atoms. The van der Waals surface area contributed by atoms with E-state index in [1.165, 1.54) is 51.9 Å². The van der Waals surface area contributed by atoms with Crippen LogP contribution in [0.3, 0.4) is 0 Å². The molecule has 0 aromatic carbocycles. The molecular formula is C15H33N3. The molecule has 0 saturated carbocycles. The van der Waals surface area contributed by atoms with Gasteiger partial charge in [-0.25, -0.2) is 0 Å². The molecule has 1 aliphatic heterocycles. The normalized spacial score (nSPS) is 25.2. The smallest absolute Gasteiger partial charge is 0.0254 e. The van der Waals surface area contributed by atoms with Gasteiger partial charge in [0.15, 0.2) is 0 Å². The van der Waals surface area contributed by atoms with Crippen molar-refractivity contribution in [2.45, 2.75) is 45.6 Å². The van der Waals surface area contributed by atoms with Crippen LogP contribution in [0.25, 0.3) is 0 Å². The van der Waals surface area contributed by atoms with Crippen molar-refractivity contribution in [2.75, 3.05) is 46.8 Å². The van der Waals surface area contributed by atoms with Gasteiger partial charge in [-0.05, 0) is 52.5 Å². The number of nitrogens with one attached hydrogen (secondary N) is 1. The summed E-state index contributed by atoms with van der Waals surface area (Å²) in [6, 6.07) is 0.763. The lowest BCUT2D eigenvalue weighted by Gasteiger charge is -2.22. The lowest BCUT2D eigenvalue weighted by atomic mass is 10.1. The second-order valence-corrected chi connectivity index (χ2v) is 6.04. The fraction of sp³-hybridized carbons (Fsp3) is 1.00. The zero-order valence-electron chi connectivity index (χ0n) is 12.9. The summed E-state index contributed by atoms with van der Waals surface area (Å²) in [5, 5.41) is 3.39. The third kappa shape index (κ3) is 5.68. The topological polar surface area (TPSA) is 18.5 Å². The Morgan fingerprint density at radius 1 is 1.11 bits per heavy atom. The van der Waals surface area contributed by atoms with Crippen molar-refractivity contribution in [2.24, 2.45) is 5.92 Å². The van der Waals surface area contributed by atoms with Gasteiger partial charge in [0.2, 0.25) is 0 Å². The second kappa shape index (κ2) is 8.89. The maximum absolute atomic E-state index is 3.39. The van der Waals surface area contributed by atoms with Crippen LogP contribution < -0.4 is 5.32 Å². The summed E-state index contributed by atoms with van der Waals surface area (Å²) in [5.74, 6) is 0.828. The molecule has 0 bridgehead atoms. The van der Waals surface area contributed by atoms with Gasteiger partial charge in [-0.1, -0.05) is 26.7 Å². The van der Waals surface area contributed by atoms with E-state index in [1.54, 1.807) is 0 Å². The minimum Gasteiger partial charge on any atom is -0.317 e. The summed E-state index contributed by atoms with van der Waals surface area (Å²) >= 11 is 0. The largest absolute Gasteiger partial charge is 0.317 e. The maximum Gasteiger partial charge on any atom is 0.0254 e. The molecule has 108 valence electrons. The highest BCUT2D eigenvalue weighted by Crippen LogP contribution is 2.20. The van der Waals surface area contributed by atoms with Crippen LogP contribution in [0.1, 0.15) is 39.5 Å². The first-order valence-corrected chi connectivity index (χ1v) is 7.74. The Kier molecular flexibility index (Phi) is 7.87. The molecule has 2 atom stereocenters. The van der Waals surface area contributed by atoms with Crippen molar-refractivity contribution in [3.8, 4) is 0 Å². The first-order chi connectivity index (χ1) is 8.65. The van der Waals surface area contributed by atoms with E-state index >= 15 is 0 Å². The van der Waals surface area contributed by atoms with E-state index in [0.29, 0.717) is 0 Å². The number of unbranched alkanes of at least 4 members (excludes halogenated alkanes) is 3. The summed E-state index contributed by atoms with van der Waals surface area (Å²) in [6.45, 7) is 10.7. The monoisotopic (exact) mass is 255 g/mol. The lowest BCUT2D eigenvalue weighted by Crippen LogP contribution is -2.34. The predicted molar refractivity (Wildman–Crippen MR) is 80.1 cm³/mol. The molecule has 1 N–H and O–H groups in total. The molecule has 0 radical (unpaired) electrons. The molecule has 1 heterocycles. The van der Waals surface area contributed by atoms with E-state index in [-0.39, 0.29) is 0 Å². The van der Waals surface area contributed by atoms with Crippen LogP contribution in [0, 0.1) is 5.92 Å². The number of nitrogens with zero attached hydrogens (tertiary/aromatic N) is 2. The number of hydrogen-bond donors (Lipinski definition) is 1. The Morgan fingerprint density at radius 3 is 2.44 bits per heavy atom. The van der Waals surface area contributed by atoms with Crippen molar-refractivity contribution in [1.82, 2.24) is 15.1 Å². The summed E-state index contributed by atoms with van der Waals surface area (Å²) in [5.41, 5.74) is 0. The molecule has 1 saturated heterocycles. The third-order valence-electron chi connectivity index (χ3n) is 4.14. The van der Waals surface area contributed by atoms with E-state index in [2.05, 4.69) is 43.1 Å². The van der Waals surface area contributed by atoms with Crippen molar-refractivity contribution in [1.29, 1.82) is 0 Å². The second-order valence-electron chi connectivity index (χ2n) is 6.04. The Labute approximate surface area is 114 Å². The molecule has 0 aliphatic carbocycles. The van der Waals surface area contributed by atoms with Crippen molar-refractivity contribution >= 4 is 0 Å². The molecule has 2 unspecified atom stereocenters. The third-order valence-corrected chi connectivity index (χ3v) is 4.14. The molecular weight excluding hydrogens is 222 g/mol. The van der Waals surface area contributed by atoms with Crippen LogP contribution in [-0.4, -0.2) is 62.7 Å². The number of likely N-dealkylation sites (tertiary alicyclic amines) is 1. The van der Waals surface area contributed by atoms with Crippen LogP contribution in [0.2, 0.25) is 0 Å². The standard InChI is InChI=1S/C15H33N3/c1-5-16-10-8-6-7-9-11-18-12-14(2)15(13-18)17(3)4/h14-16H,5-13H2,1-4H3. The molecule has 3 nitrogen and oxygen atoms in total. The van der Waals surface area contributed by atoms with E-state index < -0.39 is 0 Å². The molecule has 0 spiro atoms. The summed E-state index contributed by atoms with van der Waals surface area (Å²) in [7, 11) is 4.43. The van der Waals surface area contributed by atoms with Gasteiger partial charge in [-0.2, -0.15) is 0 Å². The first-order valence-electron chi connectivity index (χ1n) is 7.74. The van der Waals surface area contributed by atoms with Crippen LogP contribution in [-0.2, 0) is 0 Å². The SMILES string of the molecule is CCNCCCCCCN1CC(C)C(N(C)C)C1. The number of rotatable bonds is 9. The van der Waals surface area contributed by atoms with Gasteiger partial charge in [0.05, 0.1) is 0 Å². The van der Waals surface area contributed by atoms with Gasteiger partial charge in [-0.15, -0.1) is 0 Å². The van der Waals surface area contributed by atoms with Crippen molar-refractivity contribution in [3.05, 3.63) is 0 Å². The number of likely N-dealkylation sites (N-methyl/N-ethyl adjacent to an activating group) is 1. The van der Waals surface area contributed by atoms with Crippen molar-refractivity contribution < 1.29 is 0 Å². The lowest BCUT2D eigenvalue weighted by molar-refractivity contribution is 0.251. The maximum atomic E-state index is 3.39. The van der Waals surface area contributed by atoms with Crippen LogP contribution in [0.5, 0.6) is 0 Å². The van der Waals surface area contributed by atoms with Gasteiger partial charge in [0, 0.05) is 19.1 Å². The number of hydrogen-bond acceptors (Lipinski definition) is 3. The fourth-order valence-corrected chi connectivity index (χ4v) is 3.02. The molecule has 1 fully saturated rings. The van der Waals surface area contributed by atoms with Gasteiger partial charge < -0.3 is 15.1 Å². The zero-order valence-corrected chi connectivity index (χ0v) is 12.9. The molecule has 3 heteroatoms. The summed E-state index contributed by atoms with van der Waals surface area (Å²) in [4.78, 5) is 5.04. The highest BCUT2D eigenvalue weighted by atomic mass is 15.2. The first kappa shape index (κ1) is 15.9. The Morgan fingerprint density at radius 2 is 1.83 bits per heavy atom. The Bertz CT molecular complexity index is 206. The van der Waals surface area contributed by atoms with Crippen LogP contribution >= 0.6 is 0 Å². The summed E-state index contributed by atoms with van der Waals surface area (Å²) in [6.07, 6.45) is 5.49. The van der Waals surface area contributed by atoms with Gasteiger partial charge in [0.25, 0.3) is 0 Å². The Hall–Kier alpha value is -0.120. The molecule has 0 aromatic heterocycles. The summed E-state index contributed by atoms with van der Waals surface area (Å²) < 4.78 is 0.